The van der Waals surface area contributed by atoms with Gasteiger partial charge < -0.3 is 15.7 Å². The summed E-state index contributed by atoms with van der Waals surface area (Å²) in [4.78, 5) is 12.1. The Morgan fingerprint density at radius 3 is 2.68 bits per heavy atom. The van der Waals surface area contributed by atoms with Gasteiger partial charge in [-0.15, -0.1) is 0 Å². The highest BCUT2D eigenvalue weighted by Gasteiger charge is 2.21. The largest absolute Gasteiger partial charge is 0.392 e. The van der Waals surface area contributed by atoms with Crippen molar-refractivity contribution in [3.05, 3.63) is 70.5 Å². The SMILES string of the molecule is O=C(NCCc1ccc(CO)cc1)NC1CCCc2cc(F)ccc21. The highest BCUT2D eigenvalue weighted by molar-refractivity contribution is 5.74. The van der Waals surface area contributed by atoms with Gasteiger partial charge in [-0.25, -0.2) is 9.18 Å². The molecule has 0 aliphatic heterocycles. The van der Waals surface area contributed by atoms with Gasteiger partial charge in [0.05, 0.1) is 12.6 Å². The van der Waals surface area contributed by atoms with Gasteiger partial charge in [0.15, 0.2) is 0 Å². The van der Waals surface area contributed by atoms with Crippen molar-refractivity contribution in [2.45, 2.75) is 38.3 Å². The Kier molecular flexibility index (Phi) is 5.66. The second kappa shape index (κ2) is 8.12. The van der Waals surface area contributed by atoms with Crippen LogP contribution in [0, 0.1) is 5.82 Å². The molecule has 0 saturated heterocycles. The Hall–Kier alpha value is -2.40. The maximum absolute atomic E-state index is 13.3. The molecule has 2 amide bonds. The molecule has 3 N–H and O–H groups in total. The van der Waals surface area contributed by atoms with E-state index in [9.17, 15) is 9.18 Å². The maximum Gasteiger partial charge on any atom is 0.315 e. The van der Waals surface area contributed by atoms with Crippen molar-refractivity contribution in [2.75, 3.05) is 6.54 Å². The summed E-state index contributed by atoms with van der Waals surface area (Å²) in [5, 5.41) is 14.9. The first-order chi connectivity index (χ1) is 12.2. The first-order valence-electron chi connectivity index (χ1n) is 8.67. The lowest BCUT2D eigenvalue weighted by atomic mass is 9.88. The molecule has 3 rings (SSSR count). The third kappa shape index (κ3) is 4.57. The molecule has 0 radical (unpaired) electrons. The van der Waals surface area contributed by atoms with E-state index in [1.54, 1.807) is 12.1 Å². The molecule has 1 unspecified atom stereocenters. The van der Waals surface area contributed by atoms with Crippen LogP contribution in [0.1, 0.15) is 41.1 Å². The van der Waals surface area contributed by atoms with Crippen LogP contribution < -0.4 is 10.6 Å². The topological polar surface area (TPSA) is 61.4 Å². The summed E-state index contributed by atoms with van der Waals surface area (Å²) in [5.74, 6) is -0.226. The normalized spacial score (nSPS) is 16.2. The lowest BCUT2D eigenvalue weighted by Crippen LogP contribution is -2.39. The van der Waals surface area contributed by atoms with E-state index in [1.165, 1.54) is 6.07 Å². The fraction of sp³-hybridized carbons (Fsp3) is 0.350. The Balaban J connectivity index is 1.50. The molecule has 1 atom stereocenters. The number of carbonyl (C=O) groups excluding carboxylic acids is 1. The number of halogens is 1. The van der Waals surface area contributed by atoms with Gasteiger partial charge in [-0.1, -0.05) is 30.3 Å². The van der Waals surface area contributed by atoms with Crippen molar-refractivity contribution in [3.8, 4) is 0 Å². The summed E-state index contributed by atoms with van der Waals surface area (Å²) in [7, 11) is 0. The van der Waals surface area contributed by atoms with Gasteiger partial charge in [-0.3, -0.25) is 0 Å². The number of aryl methyl sites for hydroxylation is 1. The van der Waals surface area contributed by atoms with Crippen molar-refractivity contribution in [3.63, 3.8) is 0 Å². The third-order valence-electron chi connectivity index (χ3n) is 4.63. The molecule has 132 valence electrons. The number of hydrogen-bond acceptors (Lipinski definition) is 2. The monoisotopic (exact) mass is 342 g/mol. The minimum absolute atomic E-state index is 0.0354. The van der Waals surface area contributed by atoms with E-state index in [0.29, 0.717) is 6.54 Å². The van der Waals surface area contributed by atoms with Crippen LogP contribution in [-0.2, 0) is 19.4 Å². The Morgan fingerprint density at radius 2 is 1.92 bits per heavy atom. The first-order valence-corrected chi connectivity index (χ1v) is 8.67. The number of hydrogen-bond donors (Lipinski definition) is 3. The fourth-order valence-corrected chi connectivity index (χ4v) is 3.27. The van der Waals surface area contributed by atoms with E-state index in [-0.39, 0.29) is 24.5 Å². The van der Waals surface area contributed by atoms with E-state index in [2.05, 4.69) is 10.6 Å². The molecular formula is C20H23FN2O2. The van der Waals surface area contributed by atoms with Crippen LogP contribution in [0.2, 0.25) is 0 Å². The van der Waals surface area contributed by atoms with Crippen LogP contribution >= 0.6 is 0 Å². The molecule has 0 spiro atoms. The molecular weight excluding hydrogens is 319 g/mol. The predicted molar refractivity (Wildman–Crippen MR) is 94.7 cm³/mol. The smallest absolute Gasteiger partial charge is 0.315 e. The van der Waals surface area contributed by atoms with Gasteiger partial charge >= 0.3 is 6.03 Å². The lowest BCUT2D eigenvalue weighted by molar-refractivity contribution is 0.235. The number of fused-ring (bicyclic) bond motifs is 1. The number of amides is 2. The van der Waals surface area contributed by atoms with Crippen LogP contribution in [0.4, 0.5) is 9.18 Å². The molecule has 0 saturated carbocycles. The van der Waals surface area contributed by atoms with Crippen molar-refractivity contribution in [1.82, 2.24) is 10.6 Å². The highest BCUT2D eigenvalue weighted by atomic mass is 19.1. The van der Waals surface area contributed by atoms with Gasteiger partial charge in [0, 0.05) is 6.54 Å². The Morgan fingerprint density at radius 1 is 1.16 bits per heavy atom. The van der Waals surface area contributed by atoms with Gasteiger partial charge in [0.25, 0.3) is 0 Å². The molecule has 25 heavy (non-hydrogen) atoms. The van der Waals surface area contributed by atoms with Crippen LogP contribution in [0.3, 0.4) is 0 Å². The highest BCUT2D eigenvalue weighted by Crippen LogP contribution is 2.30. The van der Waals surface area contributed by atoms with Gasteiger partial charge in [0.1, 0.15) is 5.82 Å². The number of aliphatic hydroxyl groups is 1. The van der Waals surface area contributed by atoms with Crippen LogP contribution in [0.15, 0.2) is 42.5 Å². The summed E-state index contributed by atoms with van der Waals surface area (Å²) >= 11 is 0. The summed E-state index contributed by atoms with van der Waals surface area (Å²) in [5.41, 5.74) is 3.99. The quantitative estimate of drug-likeness (QED) is 0.781. The number of benzene rings is 2. The van der Waals surface area contributed by atoms with E-state index >= 15 is 0 Å². The maximum atomic E-state index is 13.3. The molecule has 2 aromatic rings. The number of nitrogens with one attached hydrogen (secondary N) is 2. The van der Waals surface area contributed by atoms with Gasteiger partial charge in [0.2, 0.25) is 0 Å². The molecule has 1 aliphatic rings. The number of carbonyl (C=O) groups is 1. The molecule has 5 heteroatoms. The van der Waals surface area contributed by atoms with Crippen LogP contribution in [0.25, 0.3) is 0 Å². The zero-order valence-corrected chi connectivity index (χ0v) is 14.1. The van der Waals surface area contributed by atoms with Crippen molar-refractivity contribution < 1.29 is 14.3 Å². The van der Waals surface area contributed by atoms with Gasteiger partial charge in [-0.2, -0.15) is 0 Å². The zero-order chi connectivity index (χ0) is 17.6. The summed E-state index contributed by atoms with van der Waals surface area (Å²) in [6, 6.07) is 12.2. The summed E-state index contributed by atoms with van der Waals surface area (Å²) in [6.07, 6.45) is 3.40. The number of aliphatic hydroxyl groups excluding tert-OH is 1. The molecule has 0 bridgehead atoms. The second-order valence-electron chi connectivity index (χ2n) is 6.41. The zero-order valence-electron chi connectivity index (χ0n) is 14.1. The second-order valence-corrected chi connectivity index (χ2v) is 6.41. The molecule has 0 fully saturated rings. The lowest BCUT2D eigenvalue weighted by Gasteiger charge is -2.26. The molecule has 2 aromatic carbocycles. The van der Waals surface area contributed by atoms with E-state index in [4.69, 9.17) is 5.11 Å². The fourth-order valence-electron chi connectivity index (χ4n) is 3.27. The van der Waals surface area contributed by atoms with Crippen molar-refractivity contribution in [2.24, 2.45) is 0 Å². The minimum atomic E-state index is -0.226. The molecule has 0 aromatic heterocycles. The molecule has 0 heterocycles. The minimum Gasteiger partial charge on any atom is -0.392 e. The van der Waals surface area contributed by atoms with Crippen molar-refractivity contribution in [1.29, 1.82) is 0 Å². The standard InChI is InChI=1S/C20H23FN2O2/c21-17-8-9-18-16(12-17)2-1-3-19(18)23-20(25)22-11-10-14-4-6-15(13-24)7-5-14/h4-9,12,19,24H,1-3,10-11,13H2,(H2,22,23,25). The van der Waals surface area contributed by atoms with E-state index in [0.717, 1.165) is 47.9 Å². The molecule has 1 aliphatic carbocycles. The first kappa shape index (κ1) is 17.4. The van der Waals surface area contributed by atoms with Gasteiger partial charge in [-0.05, 0) is 60.1 Å². The number of urea groups is 1. The average Bonchev–Trinajstić information content (AvgIpc) is 2.62. The summed E-state index contributed by atoms with van der Waals surface area (Å²) < 4.78 is 13.3. The van der Waals surface area contributed by atoms with Crippen molar-refractivity contribution >= 4 is 6.03 Å². The summed E-state index contributed by atoms with van der Waals surface area (Å²) in [6.45, 7) is 0.570. The van der Waals surface area contributed by atoms with Crippen LogP contribution in [0.5, 0.6) is 0 Å². The molecule has 4 nitrogen and oxygen atoms in total. The predicted octanol–water partition coefficient (Wildman–Crippen LogP) is 3.24. The van der Waals surface area contributed by atoms with E-state index < -0.39 is 0 Å². The Bertz CT molecular complexity index is 731. The third-order valence-corrected chi connectivity index (χ3v) is 4.63. The van der Waals surface area contributed by atoms with E-state index in [1.807, 2.05) is 24.3 Å². The number of rotatable bonds is 5. The average molecular weight is 342 g/mol. The Labute approximate surface area is 147 Å². The van der Waals surface area contributed by atoms with Crippen LogP contribution in [-0.4, -0.2) is 17.7 Å².